The molecule has 1 aromatic carbocycles. The third-order valence-corrected chi connectivity index (χ3v) is 4.55. The first kappa shape index (κ1) is 16.3. The van der Waals surface area contributed by atoms with Crippen LogP contribution in [0.5, 0.6) is 5.75 Å². The van der Waals surface area contributed by atoms with Gasteiger partial charge in [-0.05, 0) is 34.3 Å². The van der Waals surface area contributed by atoms with Crippen molar-refractivity contribution in [1.82, 2.24) is 0 Å². The Hall–Kier alpha value is -1.06. The Morgan fingerprint density at radius 3 is 1.95 bits per heavy atom. The van der Waals surface area contributed by atoms with Gasteiger partial charge in [0.25, 0.3) is 0 Å². The van der Waals surface area contributed by atoms with Crippen molar-refractivity contribution < 1.29 is 4.74 Å². The summed E-state index contributed by atoms with van der Waals surface area (Å²) in [6, 6.07) is 18.3. The summed E-state index contributed by atoms with van der Waals surface area (Å²) in [6.07, 6.45) is 0.973. The summed E-state index contributed by atoms with van der Waals surface area (Å²) in [5, 5.41) is 0.683. The Kier molecular flexibility index (Phi) is 6.52. The van der Waals surface area contributed by atoms with Gasteiger partial charge >= 0.3 is 0 Å². The lowest BCUT2D eigenvalue weighted by Crippen LogP contribution is -2.10. The summed E-state index contributed by atoms with van der Waals surface area (Å²) in [5.41, 5.74) is 2.85. The maximum Gasteiger partial charge on any atom is 0.142 e. The molecule has 1 nitrogen and oxygen atoms in total. The molecule has 1 unspecified atom stereocenters. The second-order valence-corrected chi connectivity index (χ2v) is 7.43. The minimum atomic E-state index is -0.00125. The summed E-state index contributed by atoms with van der Waals surface area (Å²) in [4.78, 5) is 0. The molecule has 0 fully saturated rings. The Labute approximate surface area is 137 Å². The molecule has 2 aliphatic carbocycles. The number of benzene rings is 2. The molecule has 0 aliphatic heterocycles. The summed E-state index contributed by atoms with van der Waals surface area (Å²) in [5.74, 6) is 1.99. The smallest absolute Gasteiger partial charge is 0.142 e. The quantitative estimate of drug-likeness (QED) is 0.473. The van der Waals surface area contributed by atoms with Crippen LogP contribution in [0.15, 0.2) is 54.6 Å². The average Bonchev–Trinajstić information content (AvgIpc) is 2.44. The van der Waals surface area contributed by atoms with E-state index >= 15 is 0 Å². The molecular weight excluding hydrogens is 296 g/mol. The van der Waals surface area contributed by atoms with Crippen molar-refractivity contribution in [3.63, 3.8) is 0 Å². The van der Waals surface area contributed by atoms with E-state index in [1.165, 1.54) is 11.1 Å². The minimum absolute atomic E-state index is 0.00125. The normalized spacial score (nSPS) is 12.4. The van der Waals surface area contributed by atoms with Crippen molar-refractivity contribution >= 4 is 24.4 Å². The number of hydrogen-bond acceptors (Lipinski definition) is 3. The van der Waals surface area contributed by atoms with Crippen LogP contribution in [0.3, 0.4) is 0 Å². The summed E-state index contributed by atoms with van der Waals surface area (Å²) < 4.78 is 5.65. The number of para-hydroxylation sites is 1. The highest BCUT2D eigenvalue weighted by atomic mass is 32.2. The predicted octanol–water partition coefficient (Wildman–Crippen LogP) is 5.52. The molecule has 0 spiro atoms. The first-order chi connectivity index (χ1) is 10.1. The zero-order valence-corrected chi connectivity index (χ0v) is 14.2. The molecule has 0 amide bonds. The average molecular weight is 319 g/mol. The van der Waals surface area contributed by atoms with Crippen LogP contribution < -0.4 is 4.74 Å². The van der Waals surface area contributed by atoms with Gasteiger partial charge in [0.15, 0.2) is 0 Å². The largest absolute Gasteiger partial charge is 0.480 e. The number of ether oxygens (including phenoxy) is 1. The Morgan fingerprint density at radius 2 is 1.52 bits per heavy atom. The third kappa shape index (κ3) is 5.68. The van der Waals surface area contributed by atoms with Crippen LogP contribution in [0.1, 0.15) is 20.3 Å². The number of thioether (sulfide) groups is 1. The van der Waals surface area contributed by atoms with Gasteiger partial charge in [0.05, 0.1) is 0 Å². The molecule has 3 rings (SSSR count). The number of rotatable bonds is 6. The number of hydrogen-bond donors (Lipinski definition) is 1. The van der Waals surface area contributed by atoms with E-state index in [4.69, 9.17) is 4.74 Å². The van der Waals surface area contributed by atoms with Crippen LogP contribution in [0.25, 0.3) is 11.1 Å². The standard InChI is InChI=1S/C12H18OS2.C6H4/c1-10(2)15-9-8-12(14)13-11-6-4-3-5-7-11;1-2-6-4-3-5(1)6/h3-7,10,12,14H,8-9H2,1-2H3;1-4H. The summed E-state index contributed by atoms with van der Waals surface area (Å²) in [7, 11) is 0. The maximum atomic E-state index is 5.65. The molecule has 0 heterocycles. The topological polar surface area (TPSA) is 9.23 Å². The van der Waals surface area contributed by atoms with Crippen molar-refractivity contribution in [3.05, 3.63) is 54.6 Å². The Morgan fingerprint density at radius 1 is 0.952 bits per heavy atom. The van der Waals surface area contributed by atoms with E-state index in [0.29, 0.717) is 5.25 Å². The lowest BCUT2D eigenvalue weighted by Gasteiger charge is -2.14. The van der Waals surface area contributed by atoms with E-state index < -0.39 is 0 Å². The Bertz CT molecular complexity index is 502. The Balaban J connectivity index is 0.000000218. The molecule has 112 valence electrons. The molecule has 0 N–H and O–H groups in total. The van der Waals surface area contributed by atoms with Gasteiger partial charge < -0.3 is 4.74 Å². The van der Waals surface area contributed by atoms with E-state index in [-0.39, 0.29) is 5.44 Å². The van der Waals surface area contributed by atoms with Crippen molar-refractivity contribution in [3.8, 4) is 16.9 Å². The van der Waals surface area contributed by atoms with E-state index in [1.807, 2.05) is 42.1 Å². The molecule has 21 heavy (non-hydrogen) atoms. The van der Waals surface area contributed by atoms with E-state index in [1.54, 1.807) is 0 Å². The molecule has 2 aliphatic rings. The van der Waals surface area contributed by atoms with Gasteiger partial charge in [-0.1, -0.05) is 56.3 Å². The first-order valence-electron chi connectivity index (χ1n) is 7.27. The molecule has 0 saturated heterocycles. The van der Waals surface area contributed by atoms with E-state index in [0.717, 1.165) is 17.9 Å². The van der Waals surface area contributed by atoms with Crippen LogP contribution in [0.2, 0.25) is 0 Å². The highest BCUT2D eigenvalue weighted by Gasteiger charge is 2.05. The minimum Gasteiger partial charge on any atom is -0.480 e. The lowest BCUT2D eigenvalue weighted by atomic mass is 9.95. The zero-order valence-electron chi connectivity index (χ0n) is 12.5. The van der Waals surface area contributed by atoms with E-state index in [9.17, 15) is 0 Å². The number of fused-ring (bicyclic) bond motifs is 1. The van der Waals surface area contributed by atoms with Gasteiger partial charge in [0, 0.05) is 6.42 Å². The predicted molar refractivity (Wildman–Crippen MR) is 97.5 cm³/mol. The monoisotopic (exact) mass is 318 g/mol. The van der Waals surface area contributed by atoms with Crippen LogP contribution in [-0.2, 0) is 0 Å². The van der Waals surface area contributed by atoms with Gasteiger partial charge in [-0.3, -0.25) is 0 Å². The van der Waals surface area contributed by atoms with Gasteiger partial charge in [0.2, 0.25) is 0 Å². The molecule has 1 aromatic rings. The zero-order chi connectivity index (χ0) is 15.1. The fraction of sp³-hybridized carbons (Fsp3) is 0.333. The SMILES string of the molecule is CC(C)SCCC(S)Oc1ccccc1.c1cc2ccc1-2. The number of thiol groups is 1. The third-order valence-electron chi connectivity index (χ3n) is 3.05. The van der Waals surface area contributed by atoms with Crippen LogP contribution in [0, 0.1) is 0 Å². The fourth-order valence-electron chi connectivity index (χ4n) is 1.78. The van der Waals surface area contributed by atoms with Crippen molar-refractivity contribution in [2.75, 3.05) is 5.75 Å². The van der Waals surface area contributed by atoms with Crippen molar-refractivity contribution in [2.45, 2.75) is 31.0 Å². The van der Waals surface area contributed by atoms with Gasteiger partial charge in [-0.2, -0.15) is 11.8 Å². The molecular formula is C18H22OS2. The molecule has 1 atom stereocenters. The second kappa shape index (κ2) is 8.40. The lowest BCUT2D eigenvalue weighted by molar-refractivity contribution is 0.287. The van der Waals surface area contributed by atoms with Gasteiger partial charge in [0.1, 0.15) is 11.2 Å². The molecule has 3 heteroatoms. The molecule has 0 radical (unpaired) electrons. The summed E-state index contributed by atoms with van der Waals surface area (Å²) >= 11 is 6.35. The molecule has 0 bridgehead atoms. The van der Waals surface area contributed by atoms with Crippen LogP contribution >= 0.6 is 24.4 Å². The maximum absolute atomic E-state index is 5.65. The van der Waals surface area contributed by atoms with Gasteiger partial charge in [-0.25, -0.2) is 0 Å². The second-order valence-electron chi connectivity index (χ2n) is 5.17. The highest BCUT2D eigenvalue weighted by molar-refractivity contribution is 7.99. The highest BCUT2D eigenvalue weighted by Crippen LogP contribution is 2.29. The summed E-state index contributed by atoms with van der Waals surface area (Å²) in [6.45, 7) is 4.41. The first-order valence-corrected chi connectivity index (χ1v) is 8.83. The van der Waals surface area contributed by atoms with Crippen LogP contribution in [0.4, 0.5) is 0 Å². The molecule has 0 saturated carbocycles. The fourth-order valence-corrected chi connectivity index (χ4v) is 3.03. The van der Waals surface area contributed by atoms with Crippen molar-refractivity contribution in [1.29, 1.82) is 0 Å². The van der Waals surface area contributed by atoms with E-state index in [2.05, 4.69) is 50.7 Å². The van der Waals surface area contributed by atoms with Crippen molar-refractivity contribution in [2.24, 2.45) is 0 Å². The van der Waals surface area contributed by atoms with Crippen LogP contribution in [-0.4, -0.2) is 16.4 Å². The molecule has 0 aromatic heterocycles. The van der Waals surface area contributed by atoms with Gasteiger partial charge in [-0.15, -0.1) is 12.6 Å².